The van der Waals surface area contributed by atoms with Gasteiger partial charge in [0, 0.05) is 0 Å². The van der Waals surface area contributed by atoms with Gasteiger partial charge in [-0.05, 0) is 23.1 Å². The summed E-state index contributed by atoms with van der Waals surface area (Å²) in [7, 11) is 0. The van der Waals surface area contributed by atoms with Crippen LogP contribution < -0.4 is 5.43 Å². The second-order valence-corrected chi connectivity index (χ2v) is 7.11. The molecule has 2 amide bonds. The zero-order chi connectivity index (χ0) is 22.6. The molecule has 166 valence electrons. The third kappa shape index (κ3) is 7.14. The van der Waals surface area contributed by atoms with Crippen LogP contribution >= 0.6 is 0 Å². The van der Waals surface area contributed by atoms with Gasteiger partial charge < -0.3 is 14.6 Å². The lowest BCUT2D eigenvalue weighted by Gasteiger charge is -2.29. The molecular weight excluding hydrogens is 408 g/mol. The lowest BCUT2D eigenvalue weighted by molar-refractivity contribution is 0.0322. The average molecular weight is 434 g/mol. The van der Waals surface area contributed by atoms with E-state index in [0.29, 0.717) is 6.42 Å². The molecule has 0 aliphatic heterocycles. The number of hydrazine groups is 1. The number of nitrogens with one attached hydrogen (secondary N) is 1. The first-order valence-electron chi connectivity index (χ1n) is 10.3. The van der Waals surface area contributed by atoms with Crippen molar-refractivity contribution in [3.05, 3.63) is 108 Å². The first-order chi connectivity index (χ1) is 15.7. The smallest absolute Gasteiger partial charge is 0.429 e. The molecule has 3 aromatic carbocycles. The fourth-order valence-electron chi connectivity index (χ4n) is 3.05. The van der Waals surface area contributed by atoms with E-state index >= 15 is 0 Å². The van der Waals surface area contributed by atoms with Crippen LogP contribution in [0.15, 0.2) is 91.0 Å². The highest BCUT2D eigenvalue weighted by molar-refractivity contribution is 5.74. The van der Waals surface area contributed by atoms with Gasteiger partial charge in [0.15, 0.2) is 0 Å². The van der Waals surface area contributed by atoms with Gasteiger partial charge in [0.05, 0.1) is 12.6 Å². The summed E-state index contributed by atoms with van der Waals surface area (Å²) in [6.45, 7) is -0.309. The Kier molecular flexibility index (Phi) is 8.65. The number of nitrogens with zero attached hydrogens (tertiary/aromatic N) is 1. The number of rotatable bonds is 8. The van der Waals surface area contributed by atoms with Gasteiger partial charge in [-0.15, -0.1) is 0 Å². The van der Waals surface area contributed by atoms with E-state index in [1.807, 2.05) is 91.0 Å². The summed E-state index contributed by atoms with van der Waals surface area (Å²) in [6, 6.07) is 27.0. The number of carbonyl (C=O) groups excluding carboxylic acids is 2. The van der Waals surface area contributed by atoms with Gasteiger partial charge in [0.2, 0.25) is 0 Å². The number of aliphatic hydroxyl groups excluding tert-OH is 1. The summed E-state index contributed by atoms with van der Waals surface area (Å²) in [5.41, 5.74) is 4.94. The van der Waals surface area contributed by atoms with Gasteiger partial charge in [0.1, 0.15) is 13.2 Å². The Morgan fingerprint density at radius 3 is 1.72 bits per heavy atom. The molecule has 2 N–H and O–H groups in total. The highest BCUT2D eigenvalue weighted by Crippen LogP contribution is 2.11. The van der Waals surface area contributed by atoms with Crippen molar-refractivity contribution in [1.29, 1.82) is 0 Å². The van der Waals surface area contributed by atoms with Crippen LogP contribution in [0.4, 0.5) is 9.59 Å². The van der Waals surface area contributed by atoms with Crippen molar-refractivity contribution in [2.24, 2.45) is 0 Å². The van der Waals surface area contributed by atoms with Gasteiger partial charge in [-0.25, -0.2) is 20.0 Å². The number of carbonyl (C=O) groups is 2. The molecule has 0 aromatic heterocycles. The minimum absolute atomic E-state index is 0.0282. The van der Waals surface area contributed by atoms with Gasteiger partial charge >= 0.3 is 12.2 Å². The third-order valence-electron chi connectivity index (χ3n) is 4.72. The number of amides is 2. The van der Waals surface area contributed by atoms with Crippen molar-refractivity contribution in [1.82, 2.24) is 10.4 Å². The zero-order valence-electron chi connectivity index (χ0n) is 17.6. The molecular formula is C25H26N2O5. The molecule has 1 atom stereocenters. The standard InChI is InChI=1S/C25H26N2O5/c28-17-23(16-20-10-4-1-5-11-20)27(25(30)32-19-22-14-8-3-9-15-22)26-24(29)31-18-21-12-6-2-7-13-21/h1-15,23,28H,16-19H2,(H,26,29)/t23-/m0/s1. The van der Waals surface area contributed by atoms with E-state index in [1.165, 1.54) is 0 Å². The number of hydrogen-bond donors (Lipinski definition) is 2. The molecule has 7 heteroatoms. The summed E-state index contributed by atoms with van der Waals surface area (Å²) in [4.78, 5) is 25.3. The molecule has 0 aliphatic carbocycles. The Bertz CT molecular complexity index is 967. The lowest BCUT2D eigenvalue weighted by atomic mass is 10.1. The number of aliphatic hydroxyl groups is 1. The predicted octanol–water partition coefficient (Wildman–Crippen LogP) is 4.07. The summed E-state index contributed by atoms with van der Waals surface area (Å²) in [6.07, 6.45) is -1.30. The maximum absolute atomic E-state index is 12.8. The summed E-state index contributed by atoms with van der Waals surface area (Å²) < 4.78 is 10.6. The van der Waals surface area contributed by atoms with Crippen molar-refractivity contribution in [3.63, 3.8) is 0 Å². The van der Waals surface area contributed by atoms with E-state index in [0.717, 1.165) is 21.7 Å². The second-order valence-electron chi connectivity index (χ2n) is 7.11. The normalized spacial score (nSPS) is 11.3. The van der Waals surface area contributed by atoms with Gasteiger partial charge in [-0.2, -0.15) is 0 Å². The van der Waals surface area contributed by atoms with Gasteiger partial charge in [-0.3, -0.25) is 0 Å². The van der Waals surface area contributed by atoms with E-state index < -0.39 is 18.2 Å². The van der Waals surface area contributed by atoms with E-state index in [2.05, 4.69) is 5.43 Å². The highest BCUT2D eigenvalue weighted by atomic mass is 16.6. The molecule has 7 nitrogen and oxygen atoms in total. The molecule has 3 aromatic rings. The highest BCUT2D eigenvalue weighted by Gasteiger charge is 2.27. The van der Waals surface area contributed by atoms with E-state index in [9.17, 15) is 14.7 Å². The van der Waals surface area contributed by atoms with Gasteiger partial charge in [-0.1, -0.05) is 91.0 Å². The summed E-state index contributed by atoms with van der Waals surface area (Å²) in [5, 5.41) is 11.0. The van der Waals surface area contributed by atoms with Crippen LogP contribution in [0.2, 0.25) is 0 Å². The zero-order valence-corrected chi connectivity index (χ0v) is 17.6. The molecule has 0 saturated carbocycles. The minimum atomic E-state index is -0.822. The SMILES string of the molecule is O=C(NN(C(=O)OCc1ccccc1)[C@H](CO)Cc1ccccc1)OCc1ccccc1. The third-order valence-corrected chi connectivity index (χ3v) is 4.72. The molecule has 0 unspecified atom stereocenters. The van der Waals surface area contributed by atoms with Crippen molar-refractivity contribution in [3.8, 4) is 0 Å². The fourth-order valence-corrected chi connectivity index (χ4v) is 3.05. The first kappa shape index (κ1) is 22.8. The Balaban J connectivity index is 1.68. The maximum Gasteiger partial charge on any atom is 0.429 e. The quantitative estimate of drug-likeness (QED) is 0.522. The van der Waals surface area contributed by atoms with Crippen molar-refractivity contribution in [2.45, 2.75) is 25.7 Å². The minimum Gasteiger partial charge on any atom is -0.443 e. The van der Waals surface area contributed by atoms with E-state index in [1.54, 1.807) is 0 Å². The lowest BCUT2D eigenvalue weighted by Crippen LogP contribution is -2.54. The van der Waals surface area contributed by atoms with Gasteiger partial charge in [0.25, 0.3) is 0 Å². The molecule has 3 rings (SSSR count). The number of ether oxygens (including phenoxy) is 2. The van der Waals surface area contributed by atoms with Crippen LogP contribution in [-0.2, 0) is 29.1 Å². The molecule has 32 heavy (non-hydrogen) atoms. The average Bonchev–Trinajstić information content (AvgIpc) is 2.85. The molecule has 0 radical (unpaired) electrons. The van der Waals surface area contributed by atoms with Crippen LogP contribution in [0.5, 0.6) is 0 Å². The number of benzene rings is 3. The predicted molar refractivity (Wildman–Crippen MR) is 119 cm³/mol. The van der Waals surface area contributed by atoms with Crippen molar-refractivity contribution < 1.29 is 24.2 Å². The fraction of sp³-hybridized carbons (Fsp3) is 0.200. The first-order valence-corrected chi connectivity index (χ1v) is 10.3. The van der Waals surface area contributed by atoms with E-state index in [-0.39, 0.29) is 19.8 Å². The summed E-state index contributed by atoms with van der Waals surface area (Å²) in [5.74, 6) is 0. The Morgan fingerprint density at radius 2 is 1.22 bits per heavy atom. The second kappa shape index (κ2) is 12.1. The maximum atomic E-state index is 12.8. The van der Waals surface area contributed by atoms with Crippen LogP contribution in [0, 0.1) is 0 Å². The molecule has 0 saturated heterocycles. The monoisotopic (exact) mass is 434 g/mol. The summed E-state index contributed by atoms with van der Waals surface area (Å²) >= 11 is 0. The van der Waals surface area contributed by atoms with Crippen molar-refractivity contribution in [2.75, 3.05) is 6.61 Å². The van der Waals surface area contributed by atoms with Crippen LogP contribution in [0.3, 0.4) is 0 Å². The van der Waals surface area contributed by atoms with Crippen LogP contribution in [-0.4, -0.2) is 35.0 Å². The Labute approximate surface area is 187 Å². The van der Waals surface area contributed by atoms with Crippen molar-refractivity contribution >= 4 is 12.2 Å². The Morgan fingerprint density at radius 1 is 0.750 bits per heavy atom. The largest absolute Gasteiger partial charge is 0.443 e. The topological polar surface area (TPSA) is 88.1 Å². The molecule has 0 heterocycles. The molecule has 0 aliphatic rings. The number of hydrogen-bond acceptors (Lipinski definition) is 5. The molecule has 0 fully saturated rings. The van der Waals surface area contributed by atoms with Crippen LogP contribution in [0.1, 0.15) is 16.7 Å². The molecule has 0 bridgehead atoms. The molecule has 0 spiro atoms. The van der Waals surface area contributed by atoms with E-state index in [4.69, 9.17) is 9.47 Å². The van der Waals surface area contributed by atoms with Crippen LogP contribution in [0.25, 0.3) is 0 Å². The Hall–Kier alpha value is -3.84.